The average molecular weight is 326 g/mol. The van der Waals surface area contributed by atoms with Crippen LogP contribution in [0.1, 0.15) is 40.2 Å². The lowest BCUT2D eigenvalue weighted by Crippen LogP contribution is -2.47. The molecule has 0 spiro atoms. The van der Waals surface area contributed by atoms with Crippen LogP contribution >= 0.6 is 0 Å². The molecule has 0 saturated carbocycles. The lowest BCUT2D eigenvalue weighted by atomic mass is 9.77. The number of aliphatic carboxylic acids is 1. The van der Waals surface area contributed by atoms with Crippen LogP contribution in [0, 0.1) is 5.82 Å². The van der Waals surface area contributed by atoms with Crippen molar-refractivity contribution in [1.82, 2.24) is 0 Å². The van der Waals surface area contributed by atoms with Gasteiger partial charge in [0.05, 0.1) is 0 Å². The van der Waals surface area contributed by atoms with Crippen LogP contribution in [0.4, 0.5) is 14.9 Å². The number of hydrogen-bond acceptors (Lipinski definition) is 4. The van der Waals surface area contributed by atoms with Gasteiger partial charge in [-0.25, -0.2) is 9.18 Å². The summed E-state index contributed by atoms with van der Waals surface area (Å²) in [5, 5.41) is 11.6. The Labute approximate surface area is 134 Å². The SMILES string of the molecule is CC(C)(C)OC(=O)Nc1ccc(F)c(C(C)(C)C(N)C(=O)O)c1. The van der Waals surface area contributed by atoms with E-state index in [0.29, 0.717) is 5.69 Å². The summed E-state index contributed by atoms with van der Waals surface area (Å²) in [6.45, 7) is 8.22. The number of nitrogens with one attached hydrogen (secondary N) is 1. The van der Waals surface area contributed by atoms with Gasteiger partial charge in [0.2, 0.25) is 0 Å². The van der Waals surface area contributed by atoms with Crippen LogP contribution in [0.2, 0.25) is 0 Å². The molecule has 0 radical (unpaired) electrons. The molecule has 4 N–H and O–H groups in total. The second kappa shape index (κ2) is 6.54. The van der Waals surface area contributed by atoms with Crippen molar-refractivity contribution in [1.29, 1.82) is 0 Å². The number of carboxylic acid groups (broad SMARTS) is 1. The van der Waals surface area contributed by atoms with E-state index < -0.39 is 34.9 Å². The number of halogens is 1. The van der Waals surface area contributed by atoms with E-state index in [-0.39, 0.29) is 5.56 Å². The number of hydrogen-bond donors (Lipinski definition) is 3. The van der Waals surface area contributed by atoms with E-state index in [9.17, 15) is 14.0 Å². The molecule has 0 aliphatic rings. The predicted molar refractivity (Wildman–Crippen MR) is 84.9 cm³/mol. The van der Waals surface area contributed by atoms with Gasteiger partial charge < -0.3 is 15.6 Å². The highest BCUT2D eigenvalue weighted by molar-refractivity contribution is 5.85. The molecular formula is C16H23FN2O4. The number of carbonyl (C=O) groups excluding carboxylic acids is 1. The quantitative estimate of drug-likeness (QED) is 0.789. The molecule has 0 heterocycles. The van der Waals surface area contributed by atoms with Crippen molar-refractivity contribution < 1.29 is 23.8 Å². The molecule has 1 unspecified atom stereocenters. The molecule has 1 aromatic carbocycles. The monoisotopic (exact) mass is 326 g/mol. The average Bonchev–Trinajstić information content (AvgIpc) is 2.37. The van der Waals surface area contributed by atoms with E-state index in [1.807, 2.05) is 0 Å². The maximum absolute atomic E-state index is 14.1. The largest absolute Gasteiger partial charge is 0.480 e. The molecule has 0 aliphatic carbocycles. The highest BCUT2D eigenvalue weighted by Gasteiger charge is 2.36. The molecule has 0 fully saturated rings. The fraction of sp³-hybridized carbons (Fsp3) is 0.500. The summed E-state index contributed by atoms with van der Waals surface area (Å²) in [6.07, 6.45) is -0.685. The molecule has 0 aliphatic heterocycles. The molecule has 0 saturated heterocycles. The summed E-state index contributed by atoms with van der Waals surface area (Å²) in [6, 6.07) is 2.58. The maximum Gasteiger partial charge on any atom is 0.412 e. The smallest absolute Gasteiger partial charge is 0.412 e. The molecule has 1 rings (SSSR count). The van der Waals surface area contributed by atoms with Crippen LogP contribution in [0.5, 0.6) is 0 Å². The Morgan fingerprint density at radius 2 is 1.83 bits per heavy atom. The zero-order valence-corrected chi connectivity index (χ0v) is 13.9. The Kier molecular flexibility index (Phi) is 5.37. The summed E-state index contributed by atoms with van der Waals surface area (Å²) in [5.41, 5.74) is 4.21. The first-order chi connectivity index (χ1) is 10.3. The summed E-state index contributed by atoms with van der Waals surface area (Å²) >= 11 is 0. The second-order valence-corrected chi connectivity index (χ2v) is 6.86. The first kappa shape index (κ1) is 18.9. The summed E-state index contributed by atoms with van der Waals surface area (Å²) in [7, 11) is 0. The normalized spacial score (nSPS) is 13.3. The Hall–Kier alpha value is -2.15. The lowest BCUT2D eigenvalue weighted by molar-refractivity contribution is -0.140. The van der Waals surface area contributed by atoms with Crippen molar-refractivity contribution in [2.24, 2.45) is 5.73 Å². The first-order valence-electron chi connectivity index (χ1n) is 7.13. The topological polar surface area (TPSA) is 102 Å². The fourth-order valence-electron chi connectivity index (χ4n) is 1.99. The number of amides is 1. The van der Waals surface area contributed by atoms with Crippen molar-refractivity contribution in [2.75, 3.05) is 5.32 Å². The molecule has 1 amide bonds. The van der Waals surface area contributed by atoms with Crippen LogP contribution in [0.25, 0.3) is 0 Å². The molecule has 1 atom stereocenters. The van der Waals surface area contributed by atoms with Gasteiger partial charge in [-0.05, 0) is 44.5 Å². The van der Waals surface area contributed by atoms with Crippen LogP contribution in [0.3, 0.4) is 0 Å². The third kappa shape index (κ3) is 4.92. The van der Waals surface area contributed by atoms with E-state index in [1.54, 1.807) is 20.8 Å². The Morgan fingerprint density at radius 3 is 2.30 bits per heavy atom. The number of ether oxygens (including phenoxy) is 1. The lowest BCUT2D eigenvalue weighted by Gasteiger charge is -2.30. The molecule has 23 heavy (non-hydrogen) atoms. The van der Waals surface area contributed by atoms with Crippen molar-refractivity contribution in [3.8, 4) is 0 Å². The number of benzene rings is 1. The van der Waals surface area contributed by atoms with Gasteiger partial charge in [0.15, 0.2) is 0 Å². The van der Waals surface area contributed by atoms with Crippen molar-refractivity contribution >= 4 is 17.7 Å². The van der Waals surface area contributed by atoms with Gasteiger partial charge in [0.1, 0.15) is 17.5 Å². The third-order valence-corrected chi connectivity index (χ3v) is 3.35. The number of carboxylic acids is 1. The molecule has 7 heteroatoms. The van der Waals surface area contributed by atoms with Crippen molar-refractivity contribution in [3.05, 3.63) is 29.6 Å². The molecular weight excluding hydrogens is 303 g/mol. The van der Waals surface area contributed by atoms with Crippen molar-refractivity contribution in [2.45, 2.75) is 51.7 Å². The van der Waals surface area contributed by atoms with Crippen LogP contribution < -0.4 is 11.1 Å². The second-order valence-electron chi connectivity index (χ2n) is 6.86. The zero-order valence-electron chi connectivity index (χ0n) is 13.9. The molecule has 0 aromatic heterocycles. The van der Waals surface area contributed by atoms with E-state index in [0.717, 1.165) is 6.07 Å². The third-order valence-electron chi connectivity index (χ3n) is 3.35. The van der Waals surface area contributed by atoms with Gasteiger partial charge in [-0.3, -0.25) is 10.1 Å². The summed E-state index contributed by atoms with van der Waals surface area (Å²) in [4.78, 5) is 22.9. The minimum absolute atomic E-state index is 0.0981. The molecule has 6 nitrogen and oxygen atoms in total. The van der Waals surface area contributed by atoms with E-state index >= 15 is 0 Å². The van der Waals surface area contributed by atoms with Gasteiger partial charge in [-0.1, -0.05) is 13.8 Å². The number of carbonyl (C=O) groups is 2. The molecule has 0 bridgehead atoms. The highest BCUT2D eigenvalue weighted by atomic mass is 19.1. The van der Waals surface area contributed by atoms with E-state index in [2.05, 4.69) is 5.32 Å². The zero-order chi connectivity index (χ0) is 18.0. The summed E-state index contributed by atoms with van der Waals surface area (Å²) < 4.78 is 19.2. The highest BCUT2D eigenvalue weighted by Crippen LogP contribution is 2.31. The van der Waals surface area contributed by atoms with Gasteiger partial charge in [0.25, 0.3) is 0 Å². The Morgan fingerprint density at radius 1 is 1.26 bits per heavy atom. The van der Waals surface area contributed by atoms with Crippen molar-refractivity contribution in [3.63, 3.8) is 0 Å². The van der Waals surface area contributed by atoms with Gasteiger partial charge in [-0.2, -0.15) is 0 Å². The Bertz CT molecular complexity index is 609. The summed E-state index contributed by atoms with van der Waals surface area (Å²) in [5.74, 6) is -1.83. The van der Waals surface area contributed by atoms with Crippen LogP contribution in [0.15, 0.2) is 18.2 Å². The fourth-order valence-corrected chi connectivity index (χ4v) is 1.99. The van der Waals surface area contributed by atoms with Crippen LogP contribution in [-0.4, -0.2) is 28.8 Å². The van der Waals surface area contributed by atoms with Gasteiger partial charge in [-0.15, -0.1) is 0 Å². The number of anilines is 1. The predicted octanol–water partition coefficient (Wildman–Crippen LogP) is 2.86. The Balaban J connectivity index is 3.09. The maximum atomic E-state index is 14.1. The minimum atomic E-state index is -1.30. The molecule has 128 valence electrons. The first-order valence-corrected chi connectivity index (χ1v) is 7.13. The number of nitrogens with two attached hydrogens (primary N) is 1. The van der Waals surface area contributed by atoms with E-state index in [1.165, 1.54) is 26.0 Å². The standard InChI is InChI=1S/C16H23FN2O4/c1-15(2,3)23-14(22)19-9-6-7-11(17)10(8-9)16(4,5)12(18)13(20)21/h6-8,12H,18H2,1-5H3,(H,19,22)(H,20,21). The number of rotatable bonds is 4. The van der Waals surface area contributed by atoms with Gasteiger partial charge >= 0.3 is 12.1 Å². The minimum Gasteiger partial charge on any atom is -0.480 e. The van der Waals surface area contributed by atoms with Crippen LogP contribution in [-0.2, 0) is 14.9 Å². The molecule has 1 aromatic rings. The van der Waals surface area contributed by atoms with Gasteiger partial charge in [0, 0.05) is 11.1 Å². The van der Waals surface area contributed by atoms with E-state index in [4.69, 9.17) is 15.6 Å².